The minimum atomic E-state index is -0.0290. The molecule has 17 heavy (non-hydrogen) atoms. The highest BCUT2D eigenvalue weighted by Crippen LogP contribution is 2.15. The highest BCUT2D eigenvalue weighted by Gasteiger charge is 2.24. The number of amides is 1. The Bertz CT molecular complexity index is 255. The fraction of sp³-hybridized carbons (Fsp3) is 0.923. The Hall–Kier alpha value is -0.610. The van der Waals surface area contributed by atoms with Crippen LogP contribution < -0.4 is 11.1 Å². The summed E-state index contributed by atoms with van der Waals surface area (Å²) < 4.78 is 0. The van der Waals surface area contributed by atoms with Crippen molar-refractivity contribution in [3.05, 3.63) is 0 Å². The summed E-state index contributed by atoms with van der Waals surface area (Å²) in [5.74, 6) is 0.463. The Labute approximate surface area is 105 Å². The summed E-state index contributed by atoms with van der Waals surface area (Å²) in [6.45, 7) is 7.37. The summed E-state index contributed by atoms with van der Waals surface area (Å²) in [5.41, 5.74) is 5.90. The lowest BCUT2D eigenvalue weighted by molar-refractivity contribution is -0.122. The summed E-state index contributed by atoms with van der Waals surface area (Å²) >= 11 is 0. The summed E-state index contributed by atoms with van der Waals surface area (Å²) in [6, 6.07) is 0.847. The van der Waals surface area contributed by atoms with Crippen LogP contribution in [0.4, 0.5) is 0 Å². The van der Waals surface area contributed by atoms with Gasteiger partial charge >= 0.3 is 0 Å². The minimum Gasteiger partial charge on any atom is -0.353 e. The number of nitrogens with two attached hydrogens (primary N) is 1. The van der Waals surface area contributed by atoms with Crippen LogP contribution in [0.25, 0.3) is 0 Å². The van der Waals surface area contributed by atoms with Gasteiger partial charge in [0.15, 0.2) is 0 Å². The fourth-order valence-electron chi connectivity index (χ4n) is 2.16. The quantitative estimate of drug-likeness (QED) is 0.771. The lowest BCUT2D eigenvalue weighted by Gasteiger charge is -2.35. The Morgan fingerprint density at radius 3 is 2.71 bits per heavy atom. The number of carbonyl (C=O) groups is 1. The van der Waals surface area contributed by atoms with Crippen molar-refractivity contribution in [2.75, 3.05) is 13.6 Å². The molecule has 1 heterocycles. The van der Waals surface area contributed by atoms with Gasteiger partial charge in [0.2, 0.25) is 5.91 Å². The lowest BCUT2D eigenvalue weighted by Crippen LogP contribution is -2.48. The molecule has 3 N–H and O–H groups in total. The first-order chi connectivity index (χ1) is 7.90. The van der Waals surface area contributed by atoms with E-state index < -0.39 is 0 Å². The van der Waals surface area contributed by atoms with E-state index in [1.807, 2.05) is 0 Å². The predicted octanol–water partition coefficient (Wildman–Crippen LogP) is 0.959. The molecule has 1 aliphatic rings. The van der Waals surface area contributed by atoms with E-state index in [1.165, 1.54) is 0 Å². The van der Waals surface area contributed by atoms with Crippen molar-refractivity contribution in [2.24, 2.45) is 11.7 Å². The van der Waals surface area contributed by atoms with E-state index in [0.717, 1.165) is 19.4 Å². The second kappa shape index (κ2) is 6.36. The maximum atomic E-state index is 11.8. The second-order valence-electron chi connectivity index (χ2n) is 5.73. The molecule has 3 unspecified atom stereocenters. The SMILES string of the molecule is CC(C)C(N)CC(=O)NC1CCN(C)C(C)C1. The van der Waals surface area contributed by atoms with Crippen LogP contribution in [0.15, 0.2) is 0 Å². The maximum Gasteiger partial charge on any atom is 0.221 e. The molecule has 3 atom stereocenters. The summed E-state index contributed by atoms with van der Waals surface area (Å²) in [4.78, 5) is 14.1. The molecule has 1 rings (SSSR count). The molecule has 0 bridgehead atoms. The van der Waals surface area contributed by atoms with E-state index in [0.29, 0.717) is 24.4 Å². The summed E-state index contributed by atoms with van der Waals surface area (Å²) in [6.07, 6.45) is 2.53. The predicted molar refractivity (Wildman–Crippen MR) is 70.7 cm³/mol. The topological polar surface area (TPSA) is 58.4 Å². The molecule has 4 nitrogen and oxygen atoms in total. The van der Waals surface area contributed by atoms with E-state index in [4.69, 9.17) is 5.73 Å². The van der Waals surface area contributed by atoms with Crippen molar-refractivity contribution >= 4 is 5.91 Å². The van der Waals surface area contributed by atoms with Crippen molar-refractivity contribution in [1.29, 1.82) is 0 Å². The number of rotatable bonds is 4. The van der Waals surface area contributed by atoms with Gasteiger partial charge < -0.3 is 16.0 Å². The molecule has 1 amide bonds. The molecule has 4 heteroatoms. The third-order valence-corrected chi connectivity index (χ3v) is 3.85. The lowest BCUT2D eigenvalue weighted by atomic mass is 9.97. The molecule has 0 spiro atoms. The summed E-state index contributed by atoms with van der Waals surface area (Å²) in [7, 11) is 2.14. The second-order valence-corrected chi connectivity index (χ2v) is 5.73. The normalized spacial score (nSPS) is 28.1. The smallest absolute Gasteiger partial charge is 0.221 e. The first-order valence-corrected chi connectivity index (χ1v) is 6.65. The third kappa shape index (κ3) is 4.64. The molecule has 100 valence electrons. The number of nitrogens with zero attached hydrogens (tertiary/aromatic N) is 1. The van der Waals surface area contributed by atoms with Gasteiger partial charge in [-0.15, -0.1) is 0 Å². The van der Waals surface area contributed by atoms with E-state index in [9.17, 15) is 4.79 Å². The maximum absolute atomic E-state index is 11.8. The van der Waals surface area contributed by atoms with Gasteiger partial charge in [0.05, 0.1) is 0 Å². The van der Waals surface area contributed by atoms with E-state index in [1.54, 1.807) is 0 Å². The van der Waals surface area contributed by atoms with Crippen LogP contribution in [0.2, 0.25) is 0 Å². The fourth-order valence-corrected chi connectivity index (χ4v) is 2.16. The average Bonchev–Trinajstić information content (AvgIpc) is 2.23. The van der Waals surface area contributed by atoms with Crippen LogP contribution in [0.1, 0.15) is 40.0 Å². The van der Waals surface area contributed by atoms with E-state index in [2.05, 4.69) is 38.0 Å². The van der Waals surface area contributed by atoms with Gasteiger partial charge in [0.1, 0.15) is 0 Å². The number of carbonyl (C=O) groups excluding carboxylic acids is 1. The number of hydrogen-bond acceptors (Lipinski definition) is 3. The zero-order valence-electron chi connectivity index (χ0n) is 11.6. The molecule has 1 aliphatic heterocycles. The molecule has 1 saturated heterocycles. The molecule has 0 radical (unpaired) electrons. The zero-order valence-corrected chi connectivity index (χ0v) is 11.6. The third-order valence-electron chi connectivity index (χ3n) is 3.85. The van der Waals surface area contributed by atoms with Gasteiger partial charge in [-0.05, 0) is 32.7 Å². The molecular weight excluding hydrogens is 214 g/mol. The standard InChI is InChI=1S/C13H27N3O/c1-9(2)12(14)8-13(17)15-11-5-6-16(4)10(3)7-11/h9-12H,5-8,14H2,1-4H3,(H,15,17). The van der Waals surface area contributed by atoms with Crippen LogP contribution in [0.5, 0.6) is 0 Å². The number of nitrogens with one attached hydrogen (secondary N) is 1. The van der Waals surface area contributed by atoms with Crippen molar-refractivity contribution in [3.8, 4) is 0 Å². The van der Waals surface area contributed by atoms with Gasteiger partial charge in [-0.25, -0.2) is 0 Å². The van der Waals surface area contributed by atoms with Crippen LogP contribution >= 0.6 is 0 Å². The van der Waals surface area contributed by atoms with Crippen molar-refractivity contribution in [2.45, 2.75) is 58.2 Å². The highest BCUT2D eigenvalue weighted by atomic mass is 16.1. The monoisotopic (exact) mass is 241 g/mol. The minimum absolute atomic E-state index is 0.0290. The van der Waals surface area contributed by atoms with Crippen molar-refractivity contribution < 1.29 is 4.79 Å². The van der Waals surface area contributed by atoms with Gasteiger partial charge in [-0.2, -0.15) is 0 Å². The van der Waals surface area contributed by atoms with Crippen LogP contribution in [-0.4, -0.2) is 42.5 Å². The first kappa shape index (κ1) is 14.5. The molecule has 0 saturated carbocycles. The average molecular weight is 241 g/mol. The van der Waals surface area contributed by atoms with E-state index >= 15 is 0 Å². The van der Waals surface area contributed by atoms with Crippen molar-refractivity contribution in [3.63, 3.8) is 0 Å². The van der Waals surface area contributed by atoms with Crippen LogP contribution in [-0.2, 0) is 4.79 Å². The Balaban J connectivity index is 2.32. The van der Waals surface area contributed by atoms with Crippen LogP contribution in [0.3, 0.4) is 0 Å². The number of hydrogen-bond donors (Lipinski definition) is 2. The van der Waals surface area contributed by atoms with Gasteiger partial charge in [-0.3, -0.25) is 4.79 Å². The highest BCUT2D eigenvalue weighted by molar-refractivity contribution is 5.76. The number of piperidine rings is 1. The molecule has 0 aromatic heterocycles. The first-order valence-electron chi connectivity index (χ1n) is 6.65. The Kier molecular flexibility index (Phi) is 5.40. The Morgan fingerprint density at radius 1 is 1.53 bits per heavy atom. The summed E-state index contributed by atoms with van der Waals surface area (Å²) in [5, 5.41) is 3.11. The molecule has 0 aromatic carbocycles. The van der Waals surface area contributed by atoms with E-state index in [-0.39, 0.29) is 11.9 Å². The molecular formula is C13H27N3O. The van der Waals surface area contributed by atoms with Gasteiger partial charge in [0, 0.05) is 31.1 Å². The molecule has 1 fully saturated rings. The largest absolute Gasteiger partial charge is 0.353 e. The zero-order chi connectivity index (χ0) is 13.0. The van der Waals surface area contributed by atoms with Gasteiger partial charge in [0.25, 0.3) is 0 Å². The van der Waals surface area contributed by atoms with Crippen molar-refractivity contribution in [1.82, 2.24) is 10.2 Å². The molecule has 0 aliphatic carbocycles. The Morgan fingerprint density at radius 2 is 2.18 bits per heavy atom. The number of likely N-dealkylation sites (tertiary alicyclic amines) is 1. The van der Waals surface area contributed by atoms with Crippen LogP contribution in [0, 0.1) is 5.92 Å². The molecule has 0 aromatic rings. The van der Waals surface area contributed by atoms with Gasteiger partial charge in [-0.1, -0.05) is 13.8 Å².